The molecule has 0 aromatic rings. The quantitative estimate of drug-likeness (QED) is 0.329. The molecule has 1 atom stereocenters. The van der Waals surface area contributed by atoms with Gasteiger partial charge in [-0.15, -0.1) is 0 Å². The Labute approximate surface area is 111 Å². The van der Waals surface area contributed by atoms with Gasteiger partial charge in [0.2, 0.25) is 0 Å². The van der Waals surface area contributed by atoms with Crippen molar-refractivity contribution in [2.45, 2.75) is 50.3 Å². The summed E-state index contributed by atoms with van der Waals surface area (Å²) in [5.41, 5.74) is 0. The van der Waals surface area contributed by atoms with Crippen LogP contribution in [0.2, 0.25) is 0 Å². The van der Waals surface area contributed by atoms with Crippen molar-refractivity contribution in [3.05, 3.63) is 0 Å². The molecule has 0 aromatic heterocycles. The number of carbonyl (C=O) groups is 1. The third-order valence-electron chi connectivity index (χ3n) is 1.82. The van der Waals surface area contributed by atoms with Crippen molar-refractivity contribution in [1.29, 1.82) is 0 Å². The Hall–Kier alpha value is 0.950. The molecule has 13 heavy (non-hydrogen) atoms. The number of aliphatic carboxylic acids is 1. The summed E-state index contributed by atoms with van der Waals surface area (Å²) in [6, 6.07) is 0. The van der Waals surface area contributed by atoms with E-state index in [-0.39, 0.29) is 29.6 Å². The van der Waals surface area contributed by atoms with Gasteiger partial charge in [-0.1, -0.05) is 55.0 Å². The Morgan fingerprint density at radius 1 is 1.31 bits per heavy atom. The normalized spacial score (nSPS) is 11.8. The Kier molecular flexibility index (Phi) is 13.9. The molecule has 0 amide bonds. The maximum absolute atomic E-state index is 10.3. The van der Waals surface area contributed by atoms with Gasteiger partial charge in [-0.05, 0) is 6.42 Å². The van der Waals surface area contributed by atoms with Crippen LogP contribution in [0.1, 0.15) is 45.4 Å². The van der Waals surface area contributed by atoms with E-state index in [1.165, 1.54) is 19.3 Å². The van der Waals surface area contributed by atoms with Crippen molar-refractivity contribution in [3.63, 3.8) is 0 Å². The summed E-state index contributed by atoms with van der Waals surface area (Å²) in [4.78, 5) is 9.80. The summed E-state index contributed by atoms with van der Waals surface area (Å²) in [7, 11) is 0. The van der Waals surface area contributed by atoms with Crippen LogP contribution >= 0.6 is 15.9 Å². The van der Waals surface area contributed by atoms with Gasteiger partial charge in [0.25, 0.3) is 0 Å². The second-order valence-electron chi connectivity index (χ2n) is 2.99. The number of rotatable bonds is 7. The van der Waals surface area contributed by atoms with Crippen LogP contribution in [0.15, 0.2) is 0 Å². The monoisotopic (exact) mass is 258 g/mol. The minimum atomic E-state index is -0.995. The molecule has 0 aliphatic carbocycles. The molecule has 1 unspecified atom stereocenters. The Morgan fingerprint density at radius 2 is 1.85 bits per heavy atom. The molecular formula is C9H16BrNaO2. The smallest absolute Gasteiger partial charge is 0.549 e. The number of unbranched alkanes of at least 4 members (excludes halogenated alkanes) is 4. The Balaban J connectivity index is 0. The predicted molar refractivity (Wildman–Crippen MR) is 51.1 cm³/mol. The summed E-state index contributed by atoms with van der Waals surface area (Å²) >= 11 is 3.05. The number of hydrogen-bond donors (Lipinski definition) is 0. The van der Waals surface area contributed by atoms with Gasteiger partial charge in [-0.2, -0.15) is 0 Å². The zero-order valence-corrected chi connectivity index (χ0v) is 12.1. The van der Waals surface area contributed by atoms with Gasteiger partial charge in [0.1, 0.15) is 0 Å². The summed E-state index contributed by atoms with van der Waals surface area (Å²) in [6.45, 7) is 2.16. The first kappa shape index (κ1) is 16.4. The summed E-state index contributed by atoms with van der Waals surface area (Å²) in [5.74, 6) is -0.995. The van der Waals surface area contributed by atoms with Crippen molar-refractivity contribution in [3.8, 4) is 0 Å². The summed E-state index contributed by atoms with van der Waals surface area (Å²) in [6.07, 6.45) is 6.47. The van der Waals surface area contributed by atoms with Crippen molar-refractivity contribution in [2.24, 2.45) is 0 Å². The molecule has 0 saturated heterocycles. The molecule has 0 bridgehead atoms. The molecule has 4 heteroatoms. The zero-order valence-electron chi connectivity index (χ0n) is 8.51. The van der Waals surface area contributed by atoms with E-state index in [2.05, 4.69) is 22.9 Å². The molecule has 0 aliphatic rings. The fourth-order valence-corrected chi connectivity index (χ4v) is 1.37. The second-order valence-corrected chi connectivity index (χ2v) is 4.09. The molecule has 0 heterocycles. The number of alkyl halides is 1. The number of carboxylic acids is 1. The van der Waals surface area contributed by atoms with E-state index in [1.807, 2.05) is 0 Å². The van der Waals surface area contributed by atoms with E-state index in [9.17, 15) is 9.90 Å². The van der Waals surface area contributed by atoms with E-state index in [0.717, 1.165) is 12.8 Å². The minimum absolute atomic E-state index is 0. The maximum atomic E-state index is 10.3. The predicted octanol–water partition coefficient (Wildman–Crippen LogP) is -1.14. The first-order valence-corrected chi connectivity index (χ1v) is 5.45. The van der Waals surface area contributed by atoms with Gasteiger partial charge in [-0.25, -0.2) is 0 Å². The molecule has 0 spiro atoms. The topological polar surface area (TPSA) is 40.1 Å². The van der Waals surface area contributed by atoms with Crippen LogP contribution in [-0.4, -0.2) is 10.8 Å². The third kappa shape index (κ3) is 10.9. The zero-order chi connectivity index (χ0) is 9.40. The summed E-state index contributed by atoms with van der Waals surface area (Å²) < 4.78 is 0. The van der Waals surface area contributed by atoms with Crippen LogP contribution in [0, 0.1) is 0 Å². The fourth-order valence-electron chi connectivity index (χ4n) is 1.04. The maximum Gasteiger partial charge on any atom is 1.00 e. The van der Waals surface area contributed by atoms with Crippen LogP contribution in [0.5, 0.6) is 0 Å². The van der Waals surface area contributed by atoms with E-state index in [4.69, 9.17) is 0 Å². The average Bonchev–Trinajstić information content (AvgIpc) is 2.03. The Bertz CT molecular complexity index is 131. The number of hydrogen-bond acceptors (Lipinski definition) is 2. The van der Waals surface area contributed by atoms with Crippen LogP contribution in [0.4, 0.5) is 0 Å². The fraction of sp³-hybridized carbons (Fsp3) is 0.889. The number of carboxylic acid groups (broad SMARTS) is 1. The molecule has 72 valence electrons. The van der Waals surface area contributed by atoms with Crippen molar-refractivity contribution in [1.82, 2.24) is 0 Å². The van der Waals surface area contributed by atoms with E-state index < -0.39 is 10.8 Å². The van der Waals surface area contributed by atoms with Gasteiger partial charge >= 0.3 is 29.6 Å². The number of halogens is 1. The molecule has 0 aromatic carbocycles. The summed E-state index contributed by atoms with van der Waals surface area (Å²) in [5, 5.41) is 10.3. The van der Waals surface area contributed by atoms with E-state index in [1.54, 1.807) is 0 Å². The molecule has 0 aliphatic heterocycles. The van der Waals surface area contributed by atoms with Gasteiger partial charge in [-0.3, -0.25) is 0 Å². The van der Waals surface area contributed by atoms with Gasteiger partial charge in [0, 0.05) is 0 Å². The van der Waals surface area contributed by atoms with Gasteiger partial charge in [0.05, 0.1) is 10.8 Å². The van der Waals surface area contributed by atoms with E-state index >= 15 is 0 Å². The minimum Gasteiger partial charge on any atom is -0.549 e. The first-order chi connectivity index (χ1) is 5.68. The van der Waals surface area contributed by atoms with Gasteiger partial charge in [0.15, 0.2) is 0 Å². The van der Waals surface area contributed by atoms with Crippen LogP contribution in [0.25, 0.3) is 0 Å². The average molecular weight is 259 g/mol. The van der Waals surface area contributed by atoms with Crippen LogP contribution in [0.3, 0.4) is 0 Å². The van der Waals surface area contributed by atoms with Crippen molar-refractivity contribution >= 4 is 21.9 Å². The SMILES string of the molecule is CCCCCCCC(Br)C(=O)[O-].[Na+]. The standard InChI is InChI=1S/C9H17BrO2.Na/c1-2-3-4-5-6-7-8(10)9(11)12;/h8H,2-7H2,1H3,(H,11,12);/q;+1/p-1. The molecule has 0 radical (unpaired) electrons. The first-order valence-electron chi connectivity index (χ1n) is 4.53. The van der Waals surface area contributed by atoms with Crippen LogP contribution in [-0.2, 0) is 4.79 Å². The third-order valence-corrected chi connectivity index (χ3v) is 2.65. The molecule has 2 nitrogen and oxygen atoms in total. The van der Waals surface area contributed by atoms with Crippen LogP contribution < -0.4 is 34.7 Å². The molecule has 0 rings (SSSR count). The molecule has 0 saturated carbocycles. The second kappa shape index (κ2) is 11.0. The molecule has 0 N–H and O–H groups in total. The largest absolute Gasteiger partial charge is 1.00 e. The Morgan fingerprint density at radius 3 is 2.31 bits per heavy atom. The molecule has 0 fully saturated rings. The van der Waals surface area contributed by atoms with Gasteiger partial charge < -0.3 is 9.90 Å². The van der Waals surface area contributed by atoms with Crippen molar-refractivity contribution in [2.75, 3.05) is 0 Å². The molecular weight excluding hydrogens is 243 g/mol. The van der Waals surface area contributed by atoms with Crippen molar-refractivity contribution < 1.29 is 39.5 Å². The number of carbonyl (C=O) groups excluding carboxylic acids is 1. The van der Waals surface area contributed by atoms with E-state index in [0.29, 0.717) is 6.42 Å².